The molecule has 0 amide bonds. The van der Waals surface area contributed by atoms with Gasteiger partial charge in [-0.3, -0.25) is 4.79 Å². The zero-order chi connectivity index (χ0) is 22.0. The molecule has 0 bridgehead atoms. The summed E-state index contributed by atoms with van der Waals surface area (Å²) in [5, 5.41) is 9.70. The van der Waals surface area contributed by atoms with Crippen LogP contribution in [0, 0.1) is 0 Å². The number of hydrogen-bond donors (Lipinski definition) is 1. The SMILES string of the molecule is COc1ccc2c(c1)c(CCC(=O)O)cn2S(=O)(=O)c1ccc(N2CCOCC2)nc1. The van der Waals surface area contributed by atoms with Gasteiger partial charge in [-0.25, -0.2) is 17.4 Å². The van der Waals surface area contributed by atoms with Gasteiger partial charge in [0, 0.05) is 37.3 Å². The van der Waals surface area contributed by atoms with Crippen molar-refractivity contribution in [2.24, 2.45) is 0 Å². The van der Waals surface area contributed by atoms with Crippen LogP contribution < -0.4 is 9.64 Å². The number of rotatable bonds is 7. The lowest BCUT2D eigenvalue weighted by Crippen LogP contribution is -2.36. The molecule has 0 spiro atoms. The molecule has 4 rings (SSSR count). The molecule has 0 radical (unpaired) electrons. The molecule has 1 aromatic carbocycles. The van der Waals surface area contributed by atoms with Crippen molar-refractivity contribution in [3.63, 3.8) is 0 Å². The average molecular weight is 445 g/mol. The Kier molecular flexibility index (Phi) is 5.84. The number of methoxy groups -OCH3 is 1. The van der Waals surface area contributed by atoms with E-state index in [-0.39, 0.29) is 17.7 Å². The molecule has 10 heteroatoms. The van der Waals surface area contributed by atoms with Crippen molar-refractivity contribution in [1.82, 2.24) is 8.96 Å². The van der Waals surface area contributed by atoms with E-state index in [1.54, 1.807) is 30.3 Å². The highest BCUT2D eigenvalue weighted by Crippen LogP contribution is 2.30. The van der Waals surface area contributed by atoms with E-state index in [0.29, 0.717) is 54.3 Å². The Bertz CT molecular complexity index is 1200. The Labute approximate surface area is 179 Å². The van der Waals surface area contributed by atoms with Crippen molar-refractivity contribution >= 4 is 32.7 Å². The molecule has 1 N–H and O–H groups in total. The van der Waals surface area contributed by atoms with Gasteiger partial charge in [-0.2, -0.15) is 0 Å². The third-order valence-electron chi connectivity index (χ3n) is 5.28. The number of fused-ring (bicyclic) bond motifs is 1. The second-order valence-corrected chi connectivity index (χ2v) is 9.00. The standard InChI is InChI=1S/C21H23N3O6S/c1-29-16-3-5-19-18(12-16)15(2-7-21(25)26)14-24(19)31(27,28)17-4-6-20(22-13-17)23-8-10-30-11-9-23/h3-6,12-14H,2,7-11H2,1H3,(H,25,26). The average Bonchev–Trinajstić information content (AvgIpc) is 3.17. The summed E-state index contributed by atoms with van der Waals surface area (Å²) < 4.78 is 38.5. The van der Waals surface area contributed by atoms with E-state index in [1.807, 2.05) is 4.90 Å². The van der Waals surface area contributed by atoms with Crippen LogP contribution in [0.2, 0.25) is 0 Å². The topological polar surface area (TPSA) is 111 Å². The molecule has 0 atom stereocenters. The van der Waals surface area contributed by atoms with Gasteiger partial charge < -0.3 is 19.5 Å². The summed E-state index contributed by atoms with van der Waals surface area (Å²) in [7, 11) is -2.41. The molecule has 164 valence electrons. The first-order chi connectivity index (χ1) is 14.9. The van der Waals surface area contributed by atoms with Crippen molar-refractivity contribution in [3.8, 4) is 5.75 Å². The molecule has 3 heterocycles. The number of benzene rings is 1. The van der Waals surface area contributed by atoms with E-state index in [9.17, 15) is 13.2 Å². The highest BCUT2D eigenvalue weighted by Gasteiger charge is 2.23. The first kappa shape index (κ1) is 21.1. The fourth-order valence-electron chi connectivity index (χ4n) is 3.63. The summed E-state index contributed by atoms with van der Waals surface area (Å²) in [6, 6.07) is 8.29. The summed E-state index contributed by atoms with van der Waals surface area (Å²) in [5.74, 6) is 0.316. The van der Waals surface area contributed by atoms with Crippen molar-refractivity contribution in [2.45, 2.75) is 17.7 Å². The predicted octanol–water partition coefficient (Wildman–Crippen LogP) is 2.14. The summed E-state index contributed by atoms with van der Waals surface area (Å²) in [6.07, 6.45) is 2.94. The molecule has 9 nitrogen and oxygen atoms in total. The largest absolute Gasteiger partial charge is 0.497 e. The lowest BCUT2D eigenvalue weighted by Gasteiger charge is -2.27. The van der Waals surface area contributed by atoms with Gasteiger partial charge in [0.25, 0.3) is 10.0 Å². The number of carboxylic acids is 1. The minimum atomic E-state index is -3.93. The smallest absolute Gasteiger partial charge is 0.303 e. The fraction of sp³-hybridized carbons (Fsp3) is 0.333. The summed E-state index contributed by atoms with van der Waals surface area (Å²) in [5.41, 5.74) is 1.08. The van der Waals surface area contributed by atoms with Crippen LogP contribution in [0.4, 0.5) is 5.82 Å². The molecule has 1 aliphatic rings. The van der Waals surface area contributed by atoms with Gasteiger partial charge in [-0.05, 0) is 42.3 Å². The number of aliphatic carboxylic acids is 1. The maximum absolute atomic E-state index is 13.4. The lowest BCUT2D eigenvalue weighted by molar-refractivity contribution is -0.136. The van der Waals surface area contributed by atoms with Crippen LogP contribution in [0.3, 0.4) is 0 Å². The van der Waals surface area contributed by atoms with Gasteiger partial charge >= 0.3 is 5.97 Å². The third-order valence-corrected chi connectivity index (χ3v) is 6.94. The van der Waals surface area contributed by atoms with Crippen molar-refractivity contribution in [2.75, 3.05) is 38.3 Å². The van der Waals surface area contributed by atoms with Crippen LogP contribution in [0.15, 0.2) is 47.6 Å². The molecular weight excluding hydrogens is 422 g/mol. The molecular formula is C21H23N3O6S. The van der Waals surface area contributed by atoms with Crippen molar-refractivity contribution in [1.29, 1.82) is 0 Å². The van der Waals surface area contributed by atoms with Crippen LogP contribution in [0.1, 0.15) is 12.0 Å². The Morgan fingerprint density at radius 3 is 2.65 bits per heavy atom. The number of nitrogens with zero attached hydrogens (tertiary/aromatic N) is 3. The molecule has 1 aliphatic heterocycles. The number of hydrogen-bond acceptors (Lipinski definition) is 7. The predicted molar refractivity (Wildman–Crippen MR) is 114 cm³/mol. The summed E-state index contributed by atoms with van der Waals surface area (Å²) in [6.45, 7) is 2.63. The van der Waals surface area contributed by atoms with Gasteiger partial charge in [0.15, 0.2) is 0 Å². The van der Waals surface area contributed by atoms with E-state index < -0.39 is 16.0 Å². The normalized spacial score (nSPS) is 14.7. The zero-order valence-corrected chi connectivity index (χ0v) is 17.8. The van der Waals surface area contributed by atoms with Gasteiger partial charge in [-0.15, -0.1) is 0 Å². The summed E-state index contributed by atoms with van der Waals surface area (Å²) >= 11 is 0. The van der Waals surface area contributed by atoms with Crippen LogP contribution in [0.25, 0.3) is 10.9 Å². The van der Waals surface area contributed by atoms with Gasteiger partial charge in [0.1, 0.15) is 16.5 Å². The quantitative estimate of drug-likeness (QED) is 0.589. The van der Waals surface area contributed by atoms with Crippen molar-refractivity contribution in [3.05, 3.63) is 48.3 Å². The maximum atomic E-state index is 13.4. The second kappa shape index (κ2) is 8.56. The van der Waals surface area contributed by atoms with Gasteiger partial charge in [0.05, 0.1) is 25.8 Å². The molecule has 3 aromatic rings. The van der Waals surface area contributed by atoms with E-state index in [1.165, 1.54) is 23.5 Å². The molecule has 1 saturated heterocycles. The van der Waals surface area contributed by atoms with Gasteiger partial charge in [0.2, 0.25) is 0 Å². The van der Waals surface area contributed by atoms with Gasteiger partial charge in [-0.1, -0.05) is 0 Å². The van der Waals surface area contributed by atoms with Crippen LogP contribution in [-0.2, 0) is 26.0 Å². The van der Waals surface area contributed by atoms with E-state index in [4.69, 9.17) is 14.6 Å². The lowest BCUT2D eigenvalue weighted by atomic mass is 10.1. The first-order valence-corrected chi connectivity index (χ1v) is 11.3. The molecule has 0 aliphatic carbocycles. The molecule has 2 aromatic heterocycles. The number of aromatic nitrogens is 2. The van der Waals surface area contributed by atoms with Crippen LogP contribution in [0.5, 0.6) is 5.75 Å². The van der Waals surface area contributed by atoms with Crippen LogP contribution in [-0.4, -0.2) is 61.9 Å². The summed E-state index contributed by atoms with van der Waals surface area (Å²) in [4.78, 5) is 17.5. The molecule has 0 saturated carbocycles. The molecule has 31 heavy (non-hydrogen) atoms. The van der Waals surface area contributed by atoms with E-state index in [2.05, 4.69) is 4.98 Å². The Hall–Kier alpha value is -3.11. The first-order valence-electron chi connectivity index (χ1n) is 9.84. The van der Waals surface area contributed by atoms with E-state index >= 15 is 0 Å². The minimum absolute atomic E-state index is 0.0574. The highest BCUT2D eigenvalue weighted by atomic mass is 32.2. The van der Waals surface area contributed by atoms with Crippen molar-refractivity contribution < 1.29 is 27.8 Å². The number of carboxylic acid groups (broad SMARTS) is 1. The monoisotopic (exact) mass is 445 g/mol. The highest BCUT2D eigenvalue weighted by molar-refractivity contribution is 7.90. The molecule has 1 fully saturated rings. The Morgan fingerprint density at radius 1 is 1.23 bits per heavy atom. The number of aryl methyl sites for hydroxylation is 1. The fourth-order valence-corrected chi connectivity index (χ4v) is 4.97. The number of pyridine rings is 1. The third kappa shape index (κ3) is 4.21. The van der Waals surface area contributed by atoms with Crippen LogP contribution >= 0.6 is 0 Å². The number of anilines is 1. The number of ether oxygens (including phenoxy) is 2. The molecule has 0 unspecified atom stereocenters. The maximum Gasteiger partial charge on any atom is 0.303 e. The zero-order valence-electron chi connectivity index (χ0n) is 17.0. The Morgan fingerprint density at radius 2 is 2.00 bits per heavy atom. The number of carbonyl (C=O) groups is 1. The minimum Gasteiger partial charge on any atom is -0.497 e. The van der Waals surface area contributed by atoms with E-state index in [0.717, 1.165) is 0 Å². The number of morpholine rings is 1. The Balaban J connectivity index is 1.73. The second-order valence-electron chi connectivity index (χ2n) is 7.18.